The molecule has 0 radical (unpaired) electrons. The van der Waals surface area contributed by atoms with Gasteiger partial charge in [-0.1, -0.05) is 48.5 Å². The van der Waals surface area contributed by atoms with Crippen LogP contribution in [0.5, 0.6) is 0 Å². The van der Waals surface area contributed by atoms with Gasteiger partial charge in [0.1, 0.15) is 0 Å². The minimum Gasteiger partial charge on any atom is -0.388 e. The van der Waals surface area contributed by atoms with Crippen LogP contribution in [0.4, 0.5) is 23.7 Å². The Kier molecular flexibility index (Phi) is 5.84. The number of fused-ring (bicyclic) bond motifs is 1. The number of amides is 2. The maximum absolute atomic E-state index is 12.7. The molecule has 0 saturated carbocycles. The Labute approximate surface area is 160 Å². The summed E-state index contributed by atoms with van der Waals surface area (Å²) in [7, 11) is 0. The van der Waals surface area contributed by atoms with Gasteiger partial charge in [-0.25, -0.2) is 4.79 Å². The third-order valence-electron chi connectivity index (χ3n) is 4.33. The fourth-order valence-corrected chi connectivity index (χ4v) is 2.97. The van der Waals surface area contributed by atoms with E-state index in [1.165, 1.54) is 12.1 Å². The number of aliphatic hydroxyl groups is 1. The van der Waals surface area contributed by atoms with Crippen molar-refractivity contribution >= 4 is 22.5 Å². The highest BCUT2D eigenvalue weighted by Gasteiger charge is 2.30. The van der Waals surface area contributed by atoms with Crippen LogP contribution >= 0.6 is 0 Å². The fraction of sp³-hybridized carbons (Fsp3) is 0.190. The normalized spacial score (nSPS) is 12.6. The van der Waals surface area contributed by atoms with Crippen LogP contribution < -0.4 is 10.6 Å². The molecule has 3 aromatic carbocycles. The molecule has 0 saturated heterocycles. The van der Waals surface area contributed by atoms with Gasteiger partial charge in [0, 0.05) is 12.2 Å². The third kappa shape index (κ3) is 4.80. The first-order valence-electron chi connectivity index (χ1n) is 8.72. The molecule has 0 aliphatic carbocycles. The van der Waals surface area contributed by atoms with Crippen molar-refractivity contribution in [1.82, 2.24) is 5.32 Å². The molecule has 3 rings (SSSR count). The molecule has 0 fully saturated rings. The molecule has 7 heteroatoms. The number of carbonyl (C=O) groups excluding carboxylic acids is 1. The van der Waals surface area contributed by atoms with Gasteiger partial charge in [-0.05, 0) is 41.0 Å². The predicted molar refractivity (Wildman–Crippen MR) is 102 cm³/mol. The van der Waals surface area contributed by atoms with Crippen LogP contribution in [0.2, 0.25) is 0 Å². The van der Waals surface area contributed by atoms with E-state index in [1.54, 1.807) is 0 Å². The van der Waals surface area contributed by atoms with E-state index in [1.807, 2.05) is 42.5 Å². The zero-order valence-electron chi connectivity index (χ0n) is 14.8. The molecule has 2 amide bonds. The highest BCUT2D eigenvalue weighted by atomic mass is 19.4. The standard InChI is InChI=1S/C21H19F3N2O2/c22-21(23,24)15-7-4-8-16(13-15)26-20(28)25-12-11-19(27)18-10-3-6-14-5-1-2-9-17(14)18/h1-10,13,19,27H,11-12H2,(H2,25,26,28). The van der Waals surface area contributed by atoms with Crippen LogP contribution in [0.3, 0.4) is 0 Å². The molecule has 4 nitrogen and oxygen atoms in total. The summed E-state index contributed by atoms with van der Waals surface area (Å²) in [6.07, 6.45) is -4.99. The van der Waals surface area contributed by atoms with Crippen molar-refractivity contribution in [2.45, 2.75) is 18.7 Å². The van der Waals surface area contributed by atoms with Crippen LogP contribution in [0.25, 0.3) is 10.8 Å². The fourth-order valence-electron chi connectivity index (χ4n) is 2.97. The van der Waals surface area contributed by atoms with Gasteiger partial charge >= 0.3 is 12.2 Å². The summed E-state index contributed by atoms with van der Waals surface area (Å²) >= 11 is 0. The maximum atomic E-state index is 12.7. The topological polar surface area (TPSA) is 61.4 Å². The van der Waals surface area contributed by atoms with Crippen molar-refractivity contribution in [3.05, 3.63) is 77.9 Å². The minimum absolute atomic E-state index is 0.0435. The van der Waals surface area contributed by atoms with Crippen LogP contribution in [0.15, 0.2) is 66.7 Å². The number of anilines is 1. The quantitative estimate of drug-likeness (QED) is 0.569. The lowest BCUT2D eigenvalue weighted by atomic mass is 9.99. The van der Waals surface area contributed by atoms with E-state index in [0.717, 1.165) is 28.5 Å². The van der Waals surface area contributed by atoms with Crippen LogP contribution in [-0.4, -0.2) is 17.7 Å². The molecular formula is C21H19F3N2O2. The molecule has 0 heterocycles. The summed E-state index contributed by atoms with van der Waals surface area (Å²) in [5.74, 6) is 0. The van der Waals surface area contributed by atoms with Crippen LogP contribution in [0, 0.1) is 0 Å². The Morgan fingerprint density at radius 3 is 2.50 bits per heavy atom. The molecule has 28 heavy (non-hydrogen) atoms. The van der Waals surface area contributed by atoms with Gasteiger partial charge in [0.2, 0.25) is 0 Å². The second-order valence-electron chi connectivity index (χ2n) is 6.33. The van der Waals surface area contributed by atoms with Gasteiger partial charge < -0.3 is 15.7 Å². The molecule has 0 spiro atoms. The van der Waals surface area contributed by atoms with Crippen molar-refractivity contribution < 1.29 is 23.1 Å². The van der Waals surface area contributed by atoms with E-state index in [2.05, 4.69) is 10.6 Å². The monoisotopic (exact) mass is 388 g/mol. The molecule has 1 unspecified atom stereocenters. The second-order valence-corrected chi connectivity index (χ2v) is 6.33. The number of benzene rings is 3. The number of alkyl halides is 3. The SMILES string of the molecule is O=C(NCCC(O)c1cccc2ccccc12)Nc1cccc(C(F)(F)F)c1. The van der Waals surface area contributed by atoms with Crippen LogP contribution in [0.1, 0.15) is 23.7 Å². The first-order valence-corrected chi connectivity index (χ1v) is 8.72. The Morgan fingerprint density at radius 2 is 1.71 bits per heavy atom. The summed E-state index contributed by atoms with van der Waals surface area (Å²) in [6.45, 7) is 0.162. The van der Waals surface area contributed by atoms with E-state index in [9.17, 15) is 23.1 Å². The Bertz CT molecular complexity index is 968. The summed E-state index contributed by atoms with van der Waals surface area (Å²) in [4.78, 5) is 11.9. The van der Waals surface area contributed by atoms with E-state index < -0.39 is 23.9 Å². The zero-order chi connectivity index (χ0) is 20.1. The highest BCUT2D eigenvalue weighted by Crippen LogP contribution is 2.30. The molecule has 0 aliphatic rings. The van der Waals surface area contributed by atoms with Gasteiger partial charge in [-0.15, -0.1) is 0 Å². The lowest BCUT2D eigenvalue weighted by Crippen LogP contribution is -2.30. The number of hydrogen-bond acceptors (Lipinski definition) is 2. The van der Waals surface area contributed by atoms with Gasteiger partial charge in [-0.2, -0.15) is 13.2 Å². The van der Waals surface area contributed by atoms with Crippen LogP contribution in [-0.2, 0) is 6.18 Å². The largest absolute Gasteiger partial charge is 0.416 e. The Morgan fingerprint density at radius 1 is 1.00 bits per heavy atom. The Balaban J connectivity index is 1.55. The molecule has 0 aromatic heterocycles. The van der Waals surface area contributed by atoms with E-state index in [-0.39, 0.29) is 18.7 Å². The molecule has 146 valence electrons. The average Bonchev–Trinajstić information content (AvgIpc) is 2.67. The first kappa shape index (κ1) is 19.7. The molecule has 0 bridgehead atoms. The van der Waals surface area contributed by atoms with Crippen molar-refractivity contribution in [2.75, 3.05) is 11.9 Å². The van der Waals surface area contributed by atoms with Gasteiger partial charge in [0.15, 0.2) is 0 Å². The maximum Gasteiger partial charge on any atom is 0.416 e. The summed E-state index contributed by atoms with van der Waals surface area (Å²) < 4.78 is 38.1. The molecule has 3 N–H and O–H groups in total. The smallest absolute Gasteiger partial charge is 0.388 e. The Hall–Kier alpha value is -3.06. The summed E-state index contributed by atoms with van der Waals surface area (Å²) in [6, 6.07) is 17.1. The lowest BCUT2D eigenvalue weighted by molar-refractivity contribution is -0.137. The number of urea groups is 1. The van der Waals surface area contributed by atoms with Crippen molar-refractivity contribution in [2.24, 2.45) is 0 Å². The van der Waals surface area contributed by atoms with Crippen molar-refractivity contribution in [1.29, 1.82) is 0 Å². The van der Waals surface area contributed by atoms with Crippen molar-refractivity contribution in [3.8, 4) is 0 Å². The lowest BCUT2D eigenvalue weighted by Gasteiger charge is -2.15. The number of rotatable bonds is 5. The summed E-state index contributed by atoms with van der Waals surface area (Å²) in [5.41, 5.74) is -0.0307. The molecule has 1 atom stereocenters. The molecule has 0 aliphatic heterocycles. The number of halogens is 3. The van der Waals surface area contributed by atoms with Gasteiger partial charge in [0.05, 0.1) is 11.7 Å². The average molecular weight is 388 g/mol. The highest BCUT2D eigenvalue weighted by molar-refractivity contribution is 5.89. The van der Waals surface area contributed by atoms with E-state index in [4.69, 9.17) is 0 Å². The van der Waals surface area contributed by atoms with E-state index >= 15 is 0 Å². The zero-order valence-corrected chi connectivity index (χ0v) is 14.8. The predicted octanol–water partition coefficient (Wildman–Crippen LogP) is 5.10. The number of nitrogens with one attached hydrogen (secondary N) is 2. The van der Waals surface area contributed by atoms with Crippen molar-refractivity contribution in [3.63, 3.8) is 0 Å². The number of carbonyl (C=O) groups is 1. The second kappa shape index (κ2) is 8.31. The van der Waals surface area contributed by atoms with Gasteiger partial charge in [0.25, 0.3) is 0 Å². The van der Waals surface area contributed by atoms with E-state index in [0.29, 0.717) is 0 Å². The third-order valence-corrected chi connectivity index (χ3v) is 4.33. The number of hydrogen-bond donors (Lipinski definition) is 3. The first-order chi connectivity index (χ1) is 13.3. The molecular weight excluding hydrogens is 369 g/mol. The summed E-state index contributed by atoms with van der Waals surface area (Å²) in [5, 5.41) is 17.3. The van der Waals surface area contributed by atoms with Gasteiger partial charge in [-0.3, -0.25) is 0 Å². The molecule has 3 aromatic rings. The number of aliphatic hydroxyl groups excluding tert-OH is 1. The minimum atomic E-state index is -4.48.